The number of ether oxygens (including phenoxy) is 2. The number of aliphatic carboxylic acids is 1. The summed E-state index contributed by atoms with van der Waals surface area (Å²) in [6, 6.07) is 14.5. The summed E-state index contributed by atoms with van der Waals surface area (Å²) in [6.45, 7) is 1.36. The largest absolute Gasteiger partial charge is 0.490 e. The standard InChI is InChI=1S/C29H32ClN5O7/c1-2-41-24-12-17(13-25(37)33-9-10-36)11-19(27(24)42-16-26(38)39)15-34-23-8-5-20(30)14-22(23)29(40)35-21-6-3-18(4-7-21)28(31)32/h3-8,11-12,14,34,36H,2,9-10,13,15-16H2,1H3,(H3,31,32)(H,33,37)(H,35,40)(H,38,39). The molecule has 3 aromatic rings. The van der Waals surface area contributed by atoms with Crippen molar-refractivity contribution in [1.82, 2.24) is 5.32 Å². The van der Waals surface area contributed by atoms with Crippen LogP contribution >= 0.6 is 11.6 Å². The number of amides is 2. The molecular weight excluding hydrogens is 566 g/mol. The number of hydrogen-bond acceptors (Lipinski definition) is 8. The summed E-state index contributed by atoms with van der Waals surface area (Å²) >= 11 is 6.20. The van der Waals surface area contributed by atoms with Crippen LogP contribution in [0.15, 0.2) is 54.6 Å². The molecule has 13 heteroatoms. The number of nitrogens with two attached hydrogens (primary N) is 1. The Morgan fingerprint density at radius 2 is 1.79 bits per heavy atom. The van der Waals surface area contributed by atoms with Crippen LogP contribution in [0.1, 0.15) is 34.0 Å². The lowest BCUT2D eigenvalue weighted by Crippen LogP contribution is -2.28. The van der Waals surface area contributed by atoms with Crippen LogP contribution in [0.4, 0.5) is 11.4 Å². The van der Waals surface area contributed by atoms with E-state index in [9.17, 15) is 19.5 Å². The number of anilines is 2. The average Bonchev–Trinajstić information content (AvgIpc) is 2.95. The van der Waals surface area contributed by atoms with E-state index >= 15 is 0 Å². The first kappa shape index (κ1) is 31.7. The van der Waals surface area contributed by atoms with Gasteiger partial charge in [-0.3, -0.25) is 15.0 Å². The van der Waals surface area contributed by atoms with Crippen LogP contribution in [0.5, 0.6) is 11.5 Å². The molecule has 0 saturated heterocycles. The van der Waals surface area contributed by atoms with Crippen molar-refractivity contribution in [3.05, 3.63) is 81.9 Å². The van der Waals surface area contributed by atoms with E-state index < -0.39 is 18.5 Å². The molecule has 0 saturated carbocycles. The van der Waals surface area contributed by atoms with Crippen molar-refractivity contribution < 1.29 is 34.1 Å². The fourth-order valence-corrected chi connectivity index (χ4v) is 4.11. The topological polar surface area (TPSA) is 196 Å². The number of hydrogen-bond donors (Lipinski definition) is 7. The number of nitrogens with one attached hydrogen (secondary N) is 4. The summed E-state index contributed by atoms with van der Waals surface area (Å²) < 4.78 is 11.3. The number of carboxylic acids is 1. The van der Waals surface area contributed by atoms with E-state index in [1.54, 1.807) is 55.5 Å². The maximum Gasteiger partial charge on any atom is 0.341 e. The van der Waals surface area contributed by atoms with E-state index in [-0.39, 0.29) is 61.5 Å². The summed E-state index contributed by atoms with van der Waals surface area (Å²) in [5, 5.41) is 34.6. The van der Waals surface area contributed by atoms with Crippen LogP contribution in [0.25, 0.3) is 0 Å². The zero-order valence-electron chi connectivity index (χ0n) is 22.8. The Labute approximate surface area is 247 Å². The molecule has 8 N–H and O–H groups in total. The number of amidine groups is 1. The van der Waals surface area contributed by atoms with Crippen molar-refractivity contribution in [2.75, 3.05) is 37.0 Å². The number of nitrogen functional groups attached to an aromatic ring is 1. The molecule has 0 spiro atoms. The molecule has 0 radical (unpaired) electrons. The number of aliphatic hydroxyl groups excluding tert-OH is 1. The third-order valence-electron chi connectivity index (χ3n) is 5.78. The predicted molar refractivity (Wildman–Crippen MR) is 159 cm³/mol. The molecule has 0 aromatic heterocycles. The molecule has 12 nitrogen and oxygen atoms in total. The van der Waals surface area contributed by atoms with Gasteiger partial charge in [0, 0.05) is 40.6 Å². The predicted octanol–water partition coefficient (Wildman–Crippen LogP) is 3.00. The number of rotatable bonds is 15. The fraction of sp³-hybridized carbons (Fsp3) is 0.241. The van der Waals surface area contributed by atoms with Crippen LogP contribution < -0.4 is 31.2 Å². The monoisotopic (exact) mass is 597 g/mol. The summed E-state index contributed by atoms with van der Waals surface area (Å²) in [6.07, 6.45) is -0.0245. The maximum absolute atomic E-state index is 13.2. The van der Waals surface area contributed by atoms with Gasteiger partial charge in [0.15, 0.2) is 18.1 Å². The first-order valence-corrected chi connectivity index (χ1v) is 13.3. The van der Waals surface area contributed by atoms with Crippen LogP contribution in [0, 0.1) is 5.41 Å². The molecule has 0 aliphatic heterocycles. The smallest absolute Gasteiger partial charge is 0.341 e. The third kappa shape index (κ3) is 9.11. The summed E-state index contributed by atoms with van der Waals surface area (Å²) in [4.78, 5) is 36.8. The molecule has 2 amide bonds. The second kappa shape index (κ2) is 15.3. The lowest BCUT2D eigenvalue weighted by molar-refractivity contribution is -0.139. The van der Waals surface area contributed by atoms with Gasteiger partial charge in [0.25, 0.3) is 5.91 Å². The number of benzene rings is 3. The molecule has 222 valence electrons. The fourth-order valence-electron chi connectivity index (χ4n) is 3.94. The van der Waals surface area contributed by atoms with Gasteiger partial charge in [0.05, 0.1) is 25.2 Å². The Kier molecular flexibility index (Phi) is 11.5. The van der Waals surface area contributed by atoms with Crippen molar-refractivity contribution in [2.24, 2.45) is 5.73 Å². The minimum atomic E-state index is -1.18. The molecular formula is C29H32ClN5O7. The van der Waals surface area contributed by atoms with Crippen molar-refractivity contribution in [3.8, 4) is 11.5 Å². The molecule has 0 aliphatic carbocycles. The number of aliphatic hydroxyl groups is 1. The number of carbonyl (C=O) groups excluding carboxylic acids is 2. The minimum absolute atomic E-state index is 0.0245. The minimum Gasteiger partial charge on any atom is -0.490 e. The lowest BCUT2D eigenvalue weighted by Gasteiger charge is -2.19. The van der Waals surface area contributed by atoms with Gasteiger partial charge in [-0.15, -0.1) is 0 Å². The van der Waals surface area contributed by atoms with E-state index in [1.165, 1.54) is 6.07 Å². The van der Waals surface area contributed by atoms with Crippen molar-refractivity contribution in [3.63, 3.8) is 0 Å². The molecule has 0 bridgehead atoms. The molecule has 0 atom stereocenters. The SMILES string of the molecule is CCOc1cc(CC(=O)NCCO)cc(CNc2ccc(Cl)cc2C(=O)Nc2ccc(C(=N)N)cc2)c1OCC(=O)O. The highest BCUT2D eigenvalue weighted by Crippen LogP contribution is 2.35. The van der Waals surface area contributed by atoms with Crippen LogP contribution in [0.2, 0.25) is 5.02 Å². The van der Waals surface area contributed by atoms with Gasteiger partial charge in [-0.05, 0) is 67.1 Å². The van der Waals surface area contributed by atoms with Crippen molar-refractivity contribution >= 4 is 46.6 Å². The third-order valence-corrected chi connectivity index (χ3v) is 6.01. The molecule has 0 fully saturated rings. The van der Waals surface area contributed by atoms with E-state index in [0.717, 1.165) is 0 Å². The van der Waals surface area contributed by atoms with E-state index in [4.69, 9.17) is 37.3 Å². The van der Waals surface area contributed by atoms with Gasteiger partial charge < -0.3 is 41.4 Å². The van der Waals surface area contributed by atoms with Gasteiger partial charge in [-0.1, -0.05) is 11.6 Å². The first-order valence-electron chi connectivity index (χ1n) is 12.9. The second-order valence-electron chi connectivity index (χ2n) is 8.94. The zero-order valence-corrected chi connectivity index (χ0v) is 23.6. The van der Waals surface area contributed by atoms with Crippen LogP contribution in [-0.2, 0) is 22.6 Å². The second-order valence-corrected chi connectivity index (χ2v) is 9.37. The Hall–Kier alpha value is -4.81. The van der Waals surface area contributed by atoms with Gasteiger partial charge in [0.1, 0.15) is 5.84 Å². The Morgan fingerprint density at radius 3 is 2.43 bits per heavy atom. The van der Waals surface area contributed by atoms with Crippen LogP contribution in [0.3, 0.4) is 0 Å². The van der Waals surface area contributed by atoms with E-state index in [1.807, 2.05) is 0 Å². The van der Waals surface area contributed by atoms with Gasteiger partial charge in [0.2, 0.25) is 5.91 Å². The number of carboxylic acid groups (broad SMARTS) is 1. The van der Waals surface area contributed by atoms with Gasteiger partial charge >= 0.3 is 5.97 Å². The molecule has 0 aliphatic rings. The Morgan fingerprint density at radius 1 is 1.05 bits per heavy atom. The van der Waals surface area contributed by atoms with E-state index in [0.29, 0.717) is 33.1 Å². The normalized spacial score (nSPS) is 10.5. The van der Waals surface area contributed by atoms with Crippen molar-refractivity contribution in [1.29, 1.82) is 5.41 Å². The average molecular weight is 598 g/mol. The number of carbonyl (C=O) groups is 3. The Bertz CT molecular complexity index is 1450. The van der Waals surface area contributed by atoms with Gasteiger partial charge in [-0.2, -0.15) is 0 Å². The maximum atomic E-state index is 13.2. The quantitative estimate of drug-likeness (QED) is 0.102. The molecule has 0 unspecified atom stereocenters. The molecule has 42 heavy (non-hydrogen) atoms. The van der Waals surface area contributed by atoms with Gasteiger partial charge in [-0.25, -0.2) is 4.79 Å². The Balaban J connectivity index is 1.91. The summed E-state index contributed by atoms with van der Waals surface area (Å²) in [5.74, 6) is -1.62. The highest BCUT2D eigenvalue weighted by molar-refractivity contribution is 6.31. The van der Waals surface area contributed by atoms with Crippen LogP contribution in [-0.4, -0.2) is 60.2 Å². The number of halogens is 1. The summed E-state index contributed by atoms with van der Waals surface area (Å²) in [7, 11) is 0. The lowest BCUT2D eigenvalue weighted by atomic mass is 10.0. The molecule has 0 heterocycles. The highest BCUT2D eigenvalue weighted by Gasteiger charge is 2.19. The van der Waals surface area contributed by atoms with Crippen molar-refractivity contribution in [2.45, 2.75) is 19.9 Å². The molecule has 3 rings (SSSR count). The molecule has 3 aromatic carbocycles. The summed E-state index contributed by atoms with van der Waals surface area (Å²) in [5.41, 5.74) is 8.19. The zero-order chi connectivity index (χ0) is 30.6. The highest BCUT2D eigenvalue weighted by atomic mass is 35.5. The van der Waals surface area contributed by atoms with E-state index in [2.05, 4.69) is 16.0 Å². The first-order chi connectivity index (χ1) is 20.1.